The number of hydrogen-bond donors (Lipinski definition) is 1. The maximum Gasteiger partial charge on any atom is 0.0589 e. The number of methoxy groups -OCH3 is 1. The van der Waals surface area contributed by atoms with Crippen molar-refractivity contribution in [2.45, 2.75) is 6.42 Å². The third kappa shape index (κ3) is 6.78. The van der Waals surface area contributed by atoms with Gasteiger partial charge in [-0.2, -0.15) is 0 Å². The zero-order valence-corrected chi connectivity index (χ0v) is 11.2. The Bertz CT molecular complexity index is 191. The fourth-order valence-corrected chi connectivity index (χ4v) is 2.11. The van der Waals surface area contributed by atoms with E-state index in [2.05, 4.69) is 21.7 Å². The van der Waals surface area contributed by atoms with Gasteiger partial charge in [-0.3, -0.25) is 4.90 Å². The molecule has 100 valence electrons. The van der Waals surface area contributed by atoms with Crippen LogP contribution in [0.5, 0.6) is 0 Å². The zero-order chi connectivity index (χ0) is 12.3. The molecular formula is C13H27N3O. The molecular weight excluding hydrogens is 214 g/mol. The molecule has 0 aromatic rings. The molecule has 1 aliphatic rings. The summed E-state index contributed by atoms with van der Waals surface area (Å²) in [6.45, 7) is 13.5. The van der Waals surface area contributed by atoms with Crippen LogP contribution in [0.2, 0.25) is 0 Å². The highest BCUT2D eigenvalue weighted by Crippen LogP contribution is 1.97. The molecule has 17 heavy (non-hydrogen) atoms. The second kappa shape index (κ2) is 9.59. The fourth-order valence-electron chi connectivity index (χ4n) is 2.11. The second-order valence-electron chi connectivity index (χ2n) is 4.53. The van der Waals surface area contributed by atoms with Gasteiger partial charge in [0, 0.05) is 46.4 Å². The highest BCUT2D eigenvalue weighted by molar-refractivity contribution is 4.75. The van der Waals surface area contributed by atoms with Crippen molar-refractivity contribution >= 4 is 0 Å². The molecule has 1 rings (SSSR count). The summed E-state index contributed by atoms with van der Waals surface area (Å²) in [5, 5.41) is 3.43. The number of ether oxygens (including phenoxy) is 1. The Morgan fingerprint density at radius 3 is 3.00 bits per heavy atom. The average molecular weight is 241 g/mol. The van der Waals surface area contributed by atoms with Crippen LogP contribution in [-0.2, 0) is 4.74 Å². The van der Waals surface area contributed by atoms with Crippen LogP contribution in [0.25, 0.3) is 0 Å². The van der Waals surface area contributed by atoms with Crippen LogP contribution >= 0.6 is 0 Å². The SMILES string of the molecule is C=CCN(CCOC)CCN1CCCNCC1. The van der Waals surface area contributed by atoms with E-state index in [0.717, 1.165) is 45.9 Å². The smallest absolute Gasteiger partial charge is 0.0589 e. The van der Waals surface area contributed by atoms with Gasteiger partial charge < -0.3 is 15.0 Å². The van der Waals surface area contributed by atoms with Gasteiger partial charge in [0.2, 0.25) is 0 Å². The molecule has 1 fully saturated rings. The summed E-state index contributed by atoms with van der Waals surface area (Å²) in [5.74, 6) is 0. The standard InChI is InChI=1S/C13H27N3O/c1-3-7-15(12-13-17-2)10-11-16-8-4-5-14-6-9-16/h3,14H,1,4-13H2,2H3. The van der Waals surface area contributed by atoms with E-state index in [-0.39, 0.29) is 0 Å². The summed E-state index contributed by atoms with van der Waals surface area (Å²) in [7, 11) is 1.76. The molecule has 0 amide bonds. The van der Waals surface area contributed by atoms with Crippen molar-refractivity contribution in [2.75, 3.05) is 66.1 Å². The Labute approximate surface area is 106 Å². The highest BCUT2D eigenvalue weighted by atomic mass is 16.5. The van der Waals surface area contributed by atoms with E-state index in [9.17, 15) is 0 Å². The normalized spacial score (nSPS) is 18.2. The summed E-state index contributed by atoms with van der Waals surface area (Å²) in [6, 6.07) is 0. The van der Waals surface area contributed by atoms with Gasteiger partial charge in [0.1, 0.15) is 0 Å². The molecule has 0 spiro atoms. The molecule has 1 N–H and O–H groups in total. The van der Waals surface area contributed by atoms with Crippen LogP contribution < -0.4 is 5.32 Å². The van der Waals surface area contributed by atoms with Crippen molar-refractivity contribution in [3.05, 3.63) is 12.7 Å². The summed E-state index contributed by atoms with van der Waals surface area (Å²) in [6.07, 6.45) is 3.24. The maximum absolute atomic E-state index is 5.13. The molecule has 1 heterocycles. The van der Waals surface area contributed by atoms with Crippen molar-refractivity contribution in [2.24, 2.45) is 0 Å². The minimum absolute atomic E-state index is 0.801. The van der Waals surface area contributed by atoms with Gasteiger partial charge in [-0.1, -0.05) is 6.08 Å². The van der Waals surface area contributed by atoms with Crippen molar-refractivity contribution in [3.8, 4) is 0 Å². The van der Waals surface area contributed by atoms with Gasteiger partial charge in [0.05, 0.1) is 6.61 Å². The number of rotatable bonds is 8. The number of hydrogen-bond acceptors (Lipinski definition) is 4. The van der Waals surface area contributed by atoms with E-state index < -0.39 is 0 Å². The fraction of sp³-hybridized carbons (Fsp3) is 0.846. The third-order valence-corrected chi connectivity index (χ3v) is 3.16. The quantitative estimate of drug-likeness (QED) is 0.623. The van der Waals surface area contributed by atoms with Crippen LogP contribution in [0, 0.1) is 0 Å². The lowest BCUT2D eigenvalue weighted by atomic mass is 10.3. The van der Waals surface area contributed by atoms with Crippen molar-refractivity contribution in [1.82, 2.24) is 15.1 Å². The van der Waals surface area contributed by atoms with Crippen molar-refractivity contribution in [1.29, 1.82) is 0 Å². The maximum atomic E-state index is 5.13. The van der Waals surface area contributed by atoms with Gasteiger partial charge in [-0.25, -0.2) is 0 Å². The first-order chi connectivity index (χ1) is 8.36. The molecule has 0 bridgehead atoms. The molecule has 0 aliphatic carbocycles. The van der Waals surface area contributed by atoms with Crippen LogP contribution in [0.4, 0.5) is 0 Å². The van der Waals surface area contributed by atoms with Crippen LogP contribution in [-0.4, -0.2) is 75.9 Å². The molecule has 1 saturated heterocycles. The predicted octanol–water partition coefficient (Wildman–Crippen LogP) is 0.416. The molecule has 0 radical (unpaired) electrons. The Kier molecular flexibility index (Phi) is 8.26. The van der Waals surface area contributed by atoms with Gasteiger partial charge in [0.25, 0.3) is 0 Å². The first-order valence-electron chi connectivity index (χ1n) is 6.62. The van der Waals surface area contributed by atoms with E-state index in [4.69, 9.17) is 4.74 Å². The Morgan fingerprint density at radius 2 is 2.24 bits per heavy atom. The molecule has 0 saturated carbocycles. The topological polar surface area (TPSA) is 27.7 Å². The largest absolute Gasteiger partial charge is 0.383 e. The molecule has 1 aliphatic heterocycles. The molecule has 0 unspecified atom stereocenters. The highest BCUT2D eigenvalue weighted by Gasteiger charge is 2.10. The molecule has 4 nitrogen and oxygen atoms in total. The average Bonchev–Trinajstić information content (AvgIpc) is 2.61. The van der Waals surface area contributed by atoms with Crippen molar-refractivity contribution < 1.29 is 4.74 Å². The number of nitrogens with zero attached hydrogens (tertiary/aromatic N) is 2. The Morgan fingerprint density at radius 1 is 1.35 bits per heavy atom. The second-order valence-corrected chi connectivity index (χ2v) is 4.53. The van der Waals surface area contributed by atoms with E-state index >= 15 is 0 Å². The van der Waals surface area contributed by atoms with Crippen LogP contribution in [0.3, 0.4) is 0 Å². The molecule has 0 atom stereocenters. The lowest BCUT2D eigenvalue weighted by Crippen LogP contribution is -2.38. The van der Waals surface area contributed by atoms with Gasteiger partial charge in [0.15, 0.2) is 0 Å². The summed E-state index contributed by atoms with van der Waals surface area (Å²) in [5.41, 5.74) is 0. The molecule has 0 aromatic heterocycles. The summed E-state index contributed by atoms with van der Waals surface area (Å²) in [4.78, 5) is 4.94. The lowest BCUT2D eigenvalue weighted by Gasteiger charge is -2.25. The van der Waals surface area contributed by atoms with E-state index in [1.807, 2.05) is 6.08 Å². The lowest BCUT2D eigenvalue weighted by molar-refractivity contribution is 0.144. The molecule has 4 heteroatoms. The van der Waals surface area contributed by atoms with Crippen LogP contribution in [0.15, 0.2) is 12.7 Å². The van der Waals surface area contributed by atoms with Crippen LogP contribution in [0.1, 0.15) is 6.42 Å². The van der Waals surface area contributed by atoms with E-state index in [1.54, 1.807) is 7.11 Å². The van der Waals surface area contributed by atoms with Crippen molar-refractivity contribution in [3.63, 3.8) is 0 Å². The zero-order valence-electron chi connectivity index (χ0n) is 11.2. The van der Waals surface area contributed by atoms with E-state index in [1.165, 1.54) is 19.5 Å². The minimum atomic E-state index is 0.801. The minimum Gasteiger partial charge on any atom is -0.383 e. The first-order valence-corrected chi connectivity index (χ1v) is 6.62. The summed E-state index contributed by atoms with van der Waals surface area (Å²) < 4.78 is 5.13. The van der Waals surface area contributed by atoms with Gasteiger partial charge in [-0.15, -0.1) is 6.58 Å². The number of nitrogens with one attached hydrogen (secondary N) is 1. The molecule has 0 aromatic carbocycles. The Hall–Kier alpha value is -0.420. The monoisotopic (exact) mass is 241 g/mol. The van der Waals surface area contributed by atoms with E-state index in [0.29, 0.717) is 0 Å². The first kappa shape index (κ1) is 14.6. The Balaban J connectivity index is 2.21. The van der Waals surface area contributed by atoms with Gasteiger partial charge in [-0.05, 0) is 19.5 Å². The predicted molar refractivity (Wildman–Crippen MR) is 72.4 cm³/mol. The van der Waals surface area contributed by atoms with Gasteiger partial charge >= 0.3 is 0 Å². The third-order valence-electron chi connectivity index (χ3n) is 3.16. The summed E-state index contributed by atoms with van der Waals surface area (Å²) >= 11 is 0.